The summed E-state index contributed by atoms with van der Waals surface area (Å²) in [5, 5.41) is 6.95. The van der Waals surface area contributed by atoms with Crippen molar-refractivity contribution in [3.05, 3.63) is 35.9 Å². The first-order valence-electron chi connectivity index (χ1n) is 10.4. The van der Waals surface area contributed by atoms with Gasteiger partial charge in [0.05, 0.1) is 4.90 Å². The molecule has 2 bridgehead atoms. The number of hydrogen-bond acceptors (Lipinski definition) is 7. The molecule has 2 saturated heterocycles. The highest BCUT2D eigenvalue weighted by Gasteiger charge is 2.45. The van der Waals surface area contributed by atoms with E-state index in [0.717, 1.165) is 37.9 Å². The minimum atomic E-state index is -3.67. The van der Waals surface area contributed by atoms with E-state index in [2.05, 4.69) is 15.5 Å². The fourth-order valence-corrected chi connectivity index (χ4v) is 6.69. The molecule has 2 aromatic heterocycles. The van der Waals surface area contributed by atoms with Crippen molar-refractivity contribution >= 4 is 21.7 Å². The second kappa shape index (κ2) is 7.35. The molecule has 4 heterocycles. The summed E-state index contributed by atoms with van der Waals surface area (Å²) in [5.41, 5.74) is 6.00. The monoisotopic (exact) mass is 431 g/mol. The normalized spacial score (nSPS) is 27.0. The molecule has 3 fully saturated rings. The molecule has 0 aromatic carbocycles. The van der Waals surface area contributed by atoms with Crippen molar-refractivity contribution in [2.75, 3.05) is 5.73 Å². The van der Waals surface area contributed by atoms with Crippen molar-refractivity contribution in [1.82, 2.24) is 19.8 Å². The van der Waals surface area contributed by atoms with Crippen LogP contribution in [0.4, 0.5) is 5.82 Å². The summed E-state index contributed by atoms with van der Waals surface area (Å²) in [6, 6.07) is 4.21. The number of rotatable bonds is 5. The molecule has 0 radical (unpaired) electrons. The molecule has 30 heavy (non-hydrogen) atoms. The molecule has 2 aliphatic heterocycles. The van der Waals surface area contributed by atoms with Gasteiger partial charge in [0.25, 0.3) is 5.91 Å². The van der Waals surface area contributed by atoms with Gasteiger partial charge in [0.1, 0.15) is 11.6 Å². The number of fused-ring (bicyclic) bond motifs is 2. The van der Waals surface area contributed by atoms with Crippen LogP contribution in [0.3, 0.4) is 0 Å². The minimum absolute atomic E-state index is 0.0946. The van der Waals surface area contributed by atoms with Crippen molar-refractivity contribution in [3.63, 3.8) is 0 Å². The van der Waals surface area contributed by atoms with Gasteiger partial charge in [0.2, 0.25) is 10.0 Å². The third kappa shape index (κ3) is 3.58. The Morgan fingerprint density at radius 2 is 1.90 bits per heavy atom. The number of piperidine rings is 2. The number of carbonyl (C=O) groups excluding carboxylic acids is 1. The predicted octanol–water partition coefficient (Wildman–Crippen LogP) is 2.03. The summed E-state index contributed by atoms with van der Waals surface area (Å²) in [6.07, 6.45) is 7.26. The van der Waals surface area contributed by atoms with Crippen LogP contribution < -0.4 is 11.1 Å². The number of amides is 1. The Hall–Kier alpha value is -2.46. The third-order valence-corrected chi connectivity index (χ3v) is 8.31. The number of aromatic nitrogens is 2. The molecule has 1 aliphatic carbocycles. The van der Waals surface area contributed by atoms with Gasteiger partial charge in [-0.3, -0.25) is 4.79 Å². The first-order valence-corrected chi connectivity index (χ1v) is 11.9. The largest absolute Gasteiger partial charge is 0.384 e. The second-order valence-electron chi connectivity index (χ2n) is 8.52. The van der Waals surface area contributed by atoms with Gasteiger partial charge in [-0.25, -0.2) is 13.4 Å². The van der Waals surface area contributed by atoms with E-state index in [9.17, 15) is 13.2 Å². The second-order valence-corrected chi connectivity index (χ2v) is 10.4. The van der Waals surface area contributed by atoms with Crippen LogP contribution in [-0.4, -0.2) is 46.9 Å². The fourth-order valence-electron chi connectivity index (χ4n) is 4.77. The topological polar surface area (TPSA) is 131 Å². The molecule has 1 amide bonds. The molecule has 160 valence electrons. The average molecular weight is 432 g/mol. The molecule has 0 spiro atoms. The summed E-state index contributed by atoms with van der Waals surface area (Å²) in [4.78, 5) is 16.7. The molecule has 2 unspecified atom stereocenters. The molecule has 10 heteroatoms. The highest BCUT2D eigenvalue weighted by atomic mass is 32.2. The number of nitrogen functional groups attached to an aromatic ring is 1. The summed E-state index contributed by atoms with van der Waals surface area (Å²) >= 11 is 0. The Balaban J connectivity index is 1.31. The minimum Gasteiger partial charge on any atom is -0.384 e. The van der Waals surface area contributed by atoms with Crippen molar-refractivity contribution < 1.29 is 17.7 Å². The van der Waals surface area contributed by atoms with Crippen molar-refractivity contribution in [3.8, 4) is 0 Å². The van der Waals surface area contributed by atoms with Gasteiger partial charge in [-0.15, -0.1) is 0 Å². The Labute approximate surface area is 175 Å². The number of sulfonamides is 1. The maximum Gasteiger partial charge on any atom is 0.273 e. The molecule has 9 nitrogen and oxygen atoms in total. The lowest BCUT2D eigenvalue weighted by Gasteiger charge is -2.47. The summed E-state index contributed by atoms with van der Waals surface area (Å²) < 4.78 is 33.5. The fraction of sp³-hybridized carbons (Fsp3) is 0.550. The smallest absolute Gasteiger partial charge is 0.273 e. The molecule has 1 saturated carbocycles. The maximum absolute atomic E-state index is 13.3. The van der Waals surface area contributed by atoms with Crippen molar-refractivity contribution in [1.29, 1.82) is 0 Å². The molecule has 3 atom stereocenters. The van der Waals surface area contributed by atoms with Crippen LogP contribution in [0.5, 0.6) is 0 Å². The number of pyridine rings is 1. The van der Waals surface area contributed by atoms with E-state index in [0.29, 0.717) is 24.5 Å². The highest BCUT2D eigenvalue weighted by molar-refractivity contribution is 7.89. The molecular formula is C20H25N5O4S. The lowest BCUT2D eigenvalue weighted by atomic mass is 9.84. The zero-order valence-electron chi connectivity index (χ0n) is 16.5. The van der Waals surface area contributed by atoms with E-state index >= 15 is 0 Å². The molecule has 5 rings (SSSR count). The summed E-state index contributed by atoms with van der Waals surface area (Å²) in [7, 11) is -3.67. The van der Waals surface area contributed by atoms with Crippen LogP contribution >= 0.6 is 0 Å². The van der Waals surface area contributed by atoms with Crippen molar-refractivity contribution in [2.24, 2.45) is 0 Å². The van der Waals surface area contributed by atoms with Crippen LogP contribution in [-0.2, 0) is 10.0 Å². The maximum atomic E-state index is 13.3. The van der Waals surface area contributed by atoms with Gasteiger partial charge in [-0.2, -0.15) is 4.31 Å². The van der Waals surface area contributed by atoms with E-state index in [4.69, 9.17) is 10.3 Å². The van der Waals surface area contributed by atoms with Gasteiger partial charge in [0.15, 0.2) is 5.69 Å². The van der Waals surface area contributed by atoms with Crippen LogP contribution in [0.2, 0.25) is 0 Å². The van der Waals surface area contributed by atoms with Crippen LogP contribution in [0.15, 0.2) is 33.8 Å². The van der Waals surface area contributed by atoms with Gasteiger partial charge in [-0.05, 0) is 44.6 Å². The summed E-state index contributed by atoms with van der Waals surface area (Å²) in [6.45, 7) is 0. The Morgan fingerprint density at radius 3 is 2.57 bits per heavy atom. The quantitative estimate of drug-likeness (QED) is 0.740. The first kappa shape index (κ1) is 19.5. The van der Waals surface area contributed by atoms with Gasteiger partial charge in [0, 0.05) is 42.4 Å². The number of carbonyl (C=O) groups is 1. The van der Waals surface area contributed by atoms with E-state index in [1.165, 1.54) is 18.3 Å². The number of hydrogen-bond donors (Lipinski definition) is 2. The Morgan fingerprint density at radius 1 is 1.17 bits per heavy atom. The molecular weight excluding hydrogens is 406 g/mol. The first-order chi connectivity index (χ1) is 14.4. The highest BCUT2D eigenvalue weighted by Crippen LogP contribution is 2.40. The average Bonchev–Trinajstić information content (AvgIpc) is 3.43. The van der Waals surface area contributed by atoms with E-state index in [-0.39, 0.29) is 34.7 Å². The SMILES string of the molecule is Nc1cc(S(=O)(=O)N2C3CCC[C@@H]2CC(NC(=O)c2cc(C4CC4)on2)C3)ccn1. The lowest BCUT2D eigenvalue weighted by molar-refractivity contribution is 0.0790. The predicted molar refractivity (Wildman–Crippen MR) is 108 cm³/mol. The Bertz CT molecular complexity index is 1050. The molecule has 3 aliphatic rings. The number of nitrogens with two attached hydrogens (primary N) is 1. The molecule has 3 N–H and O–H groups in total. The number of nitrogens with zero attached hydrogens (tertiary/aromatic N) is 3. The van der Waals surface area contributed by atoms with Gasteiger partial charge >= 0.3 is 0 Å². The number of nitrogens with one attached hydrogen (secondary N) is 1. The molecule has 2 aromatic rings. The Kier molecular flexibility index (Phi) is 4.78. The van der Waals surface area contributed by atoms with E-state index < -0.39 is 10.0 Å². The zero-order chi connectivity index (χ0) is 20.9. The van der Waals surface area contributed by atoms with E-state index in [1.54, 1.807) is 10.4 Å². The van der Waals surface area contributed by atoms with E-state index in [1.807, 2.05) is 0 Å². The van der Waals surface area contributed by atoms with Crippen LogP contribution in [0, 0.1) is 0 Å². The van der Waals surface area contributed by atoms with Gasteiger partial charge < -0.3 is 15.6 Å². The van der Waals surface area contributed by atoms with Gasteiger partial charge in [-0.1, -0.05) is 11.6 Å². The van der Waals surface area contributed by atoms with Crippen molar-refractivity contribution in [2.45, 2.75) is 73.9 Å². The lowest BCUT2D eigenvalue weighted by Crippen LogP contribution is -2.58. The zero-order valence-corrected chi connectivity index (χ0v) is 17.3. The standard InChI is InChI=1S/C20H25N5O4S/c21-19-10-16(6-7-22-19)30(27,28)25-14-2-1-3-15(25)9-13(8-14)23-20(26)17-11-18(29-24-17)12-4-5-12/h6-7,10-15H,1-5,8-9H2,(H2,21,22)(H,23,26)/t13?,14-,15?/m1/s1. The summed E-state index contributed by atoms with van der Waals surface area (Å²) in [5.74, 6) is 1.09. The number of anilines is 1. The van der Waals surface area contributed by atoms with Crippen LogP contribution in [0.1, 0.15) is 67.1 Å². The third-order valence-electron chi connectivity index (χ3n) is 6.31. The van der Waals surface area contributed by atoms with Crippen LogP contribution in [0.25, 0.3) is 0 Å².